The van der Waals surface area contributed by atoms with E-state index in [1.807, 2.05) is 0 Å². The highest BCUT2D eigenvalue weighted by Crippen LogP contribution is 2.43. The van der Waals surface area contributed by atoms with Gasteiger partial charge in [-0.2, -0.15) is 0 Å². The van der Waals surface area contributed by atoms with E-state index in [1.54, 1.807) is 11.8 Å². The maximum absolute atomic E-state index is 12.3. The predicted molar refractivity (Wildman–Crippen MR) is 81.3 cm³/mol. The fraction of sp³-hybridized carbons (Fsp3) is 0.938. The summed E-state index contributed by atoms with van der Waals surface area (Å²) in [4.78, 5) is 12.3. The van der Waals surface area contributed by atoms with E-state index in [-0.39, 0.29) is 5.92 Å². The van der Waals surface area contributed by atoms with Crippen molar-refractivity contribution < 1.29 is 9.53 Å². The maximum Gasteiger partial charge on any atom is 0.192 e. The molecule has 2 rings (SSSR count). The van der Waals surface area contributed by atoms with Gasteiger partial charge in [-0.15, -0.1) is 0 Å². The molecule has 1 saturated heterocycles. The number of thioether (sulfide) groups is 1. The molecule has 1 heterocycles. The monoisotopic (exact) mass is 284 g/mol. The van der Waals surface area contributed by atoms with Crippen molar-refractivity contribution in [3.63, 3.8) is 0 Å². The molecule has 0 N–H and O–H groups in total. The smallest absolute Gasteiger partial charge is 0.192 e. The number of rotatable bonds is 7. The van der Waals surface area contributed by atoms with Crippen LogP contribution in [0, 0.1) is 17.8 Å². The molecular weight excluding hydrogens is 256 g/mol. The molecule has 2 fully saturated rings. The van der Waals surface area contributed by atoms with Crippen LogP contribution < -0.4 is 0 Å². The molecule has 0 bridgehead atoms. The summed E-state index contributed by atoms with van der Waals surface area (Å²) in [7, 11) is 0. The largest absolute Gasteiger partial charge is 0.370 e. The first-order valence-corrected chi connectivity index (χ1v) is 8.96. The highest BCUT2D eigenvalue weighted by molar-refractivity contribution is 8.13. The van der Waals surface area contributed by atoms with E-state index >= 15 is 0 Å². The van der Waals surface area contributed by atoms with Crippen molar-refractivity contribution >= 4 is 16.9 Å². The Hall–Kier alpha value is -0.0200. The molecule has 3 heteroatoms. The maximum atomic E-state index is 12.3. The number of ether oxygens (including phenoxy) is 1. The third-order valence-corrected chi connectivity index (χ3v) is 6.02. The Kier molecular flexibility index (Phi) is 5.76. The molecule has 0 aromatic heterocycles. The lowest BCUT2D eigenvalue weighted by atomic mass is 9.82. The highest BCUT2D eigenvalue weighted by Gasteiger charge is 2.46. The van der Waals surface area contributed by atoms with Crippen LogP contribution in [0.5, 0.6) is 0 Å². The number of unbranched alkanes of at least 4 members (excludes halogenated alkanes) is 1. The molecule has 0 aromatic rings. The fourth-order valence-electron chi connectivity index (χ4n) is 3.16. The Balaban J connectivity index is 1.72. The fourth-order valence-corrected chi connectivity index (χ4v) is 4.53. The number of carbonyl (C=O) groups is 1. The molecule has 0 radical (unpaired) electrons. The molecule has 5 atom stereocenters. The third-order valence-electron chi connectivity index (χ3n) is 4.80. The van der Waals surface area contributed by atoms with Crippen molar-refractivity contribution in [1.29, 1.82) is 0 Å². The van der Waals surface area contributed by atoms with Gasteiger partial charge in [0.2, 0.25) is 0 Å². The van der Waals surface area contributed by atoms with Gasteiger partial charge in [0.15, 0.2) is 5.12 Å². The summed E-state index contributed by atoms with van der Waals surface area (Å²) in [6.45, 7) is 6.66. The van der Waals surface area contributed by atoms with Crippen LogP contribution in [0.1, 0.15) is 59.3 Å². The molecule has 5 unspecified atom stereocenters. The number of hydrogen-bond donors (Lipinski definition) is 0. The second-order valence-electron chi connectivity index (χ2n) is 6.30. The quantitative estimate of drug-likeness (QED) is 0.654. The molecule has 0 amide bonds. The molecule has 2 nitrogen and oxygen atoms in total. The summed E-state index contributed by atoms with van der Waals surface area (Å²) in [6.07, 6.45) is 7.91. The van der Waals surface area contributed by atoms with Crippen LogP contribution in [0.15, 0.2) is 0 Å². The van der Waals surface area contributed by atoms with E-state index in [2.05, 4.69) is 20.8 Å². The zero-order valence-corrected chi connectivity index (χ0v) is 13.4. The summed E-state index contributed by atoms with van der Waals surface area (Å²) in [6, 6.07) is 0. The number of carbonyl (C=O) groups excluding carboxylic acids is 1. The SMILES string of the molecule is CCCCC(CC)C(=O)SCC1CC2OC2CC1C. The number of epoxide rings is 1. The van der Waals surface area contributed by atoms with E-state index in [9.17, 15) is 4.79 Å². The minimum atomic E-state index is 0.286. The zero-order valence-electron chi connectivity index (χ0n) is 12.6. The van der Waals surface area contributed by atoms with E-state index < -0.39 is 0 Å². The minimum Gasteiger partial charge on any atom is -0.370 e. The van der Waals surface area contributed by atoms with Gasteiger partial charge in [0.25, 0.3) is 0 Å². The summed E-state index contributed by atoms with van der Waals surface area (Å²) in [5.74, 6) is 2.70. The predicted octanol–water partition coefficient (Wildman–Crippen LogP) is 4.28. The highest BCUT2D eigenvalue weighted by atomic mass is 32.2. The van der Waals surface area contributed by atoms with Crippen LogP contribution in [-0.4, -0.2) is 23.1 Å². The van der Waals surface area contributed by atoms with Crippen molar-refractivity contribution in [1.82, 2.24) is 0 Å². The van der Waals surface area contributed by atoms with Crippen LogP contribution in [0.2, 0.25) is 0 Å². The van der Waals surface area contributed by atoms with E-state index in [1.165, 1.54) is 25.7 Å². The van der Waals surface area contributed by atoms with Gasteiger partial charge < -0.3 is 4.74 Å². The van der Waals surface area contributed by atoms with E-state index in [4.69, 9.17) is 4.74 Å². The van der Waals surface area contributed by atoms with Gasteiger partial charge in [0, 0.05) is 11.7 Å². The van der Waals surface area contributed by atoms with Gasteiger partial charge >= 0.3 is 0 Å². The van der Waals surface area contributed by atoms with Crippen molar-refractivity contribution in [3.05, 3.63) is 0 Å². The lowest BCUT2D eigenvalue weighted by Crippen LogP contribution is -2.25. The standard InChI is InChI=1S/C16H28O2S/c1-4-6-7-12(5-2)16(17)19-10-13-9-15-14(18-15)8-11(13)3/h11-15H,4-10H2,1-3H3. The van der Waals surface area contributed by atoms with Crippen molar-refractivity contribution in [2.75, 3.05) is 5.75 Å². The molecule has 1 aliphatic carbocycles. The van der Waals surface area contributed by atoms with Gasteiger partial charge in [-0.1, -0.05) is 45.4 Å². The van der Waals surface area contributed by atoms with Gasteiger partial charge in [0.05, 0.1) is 12.2 Å². The molecule has 0 aromatic carbocycles. The van der Waals surface area contributed by atoms with Crippen LogP contribution >= 0.6 is 11.8 Å². The first-order chi connectivity index (χ1) is 9.15. The average molecular weight is 284 g/mol. The Morgan fingerprint density at radius 3 is 2.74 bits per heavy atom. The molecular formula is C16H28O2S. The lowest BCUT2D eigenvalue weighted by Gasteiger charge is -2.26. The summed E-state index contributed by atoms with van der Waals surface area (Å²) in [5.41, 5.74) is 0. The van der Waals surface area contributed by atoms with Gasteiger partial charge in [-0.05, 0) is 37.5 Å². The second-order valence-corrected chi connectivity index (χ2v) is 7.32. The molecule has 2 aliphatic rings. The van der Waals surface area contributed by atoms with E-state index in [0.717, 1.165) is 24.5 Å². The number of fused-ring (bicyclic) bond motifs is 1. The van der Waals surface area contributed by atoms with Gasteiger partial charge in [0.1, 0.15) is 0 Å². The van der Waals surface area contributed by atoms with Crippen LogP contribution in [-0.2, 0) is 9.53 Å². The Bertz CT molecular complexity index is 305. The van der Waals surface area contributed by atoms with Crippen LogP contribution in [0.3, 0.4) is 0 Å². The molecule has 19 heavy (non-hydrogen) atoms. The molecule has 0 spiro atoms. The Morgan fingerprint density at radius 1 is 1.32 bits per heavy atom. The van der Waals surface area contributed by atoms with Crippen molar-refractivity contribution in [2.24, 2.45) is 17.8 Å². The van der Waals surface area contributed by atoms with Gasteiger partial charge in [-0.25, -0.2) is 0 Å². The molecule has 1 aliphatic heterocycles. The van der Waals surface area contributed by atoms with Crippen molar-refractivity contribution in [3.8, 4) is 0 Å². The first-order valence-electron chi connectivity index (χ1n) is 7.97. The molecule has 1 saturated carbocycles. The number of hydrogen-bond acceptors (Lipinski definition) is 3. The minimum absolute atomic E-state index is 0.286. The summed E-state index contributed by atoms with van der Waals surface area (Å²) in [5, 5.41) is 0.432. The third kappa shape index (κ3) is 4.22. The van der Waals surface area contributed by atoms with Crippen molar-refractivity contribution in [2.45, 2.75) is 71.5 Å². The summed E-state index contributed by atoms with van der Waals surface area (Å²) < 4.78 is 5.61. The van der Waals surface area contributed by atoms with Crippen LogP contribution in [0.25, 0.3) is 0 Å². The normalized spacial score (nSPS) is 34.7. The topological polar surface area (TPSA) is 29.6 Å². The van der Waals surface area contributed by atoms with Crippen LogP contribution in [0.4, 0.5) is 0 Å². The summed E-state index contributed by atoms with van der Waals surface area (Å²) >= 11 is 1.60. The average Bonchev–Trinajstić information content (AvgIpc) is 3.14. The second kappa shape index (κ2) is 7.12. The Labute approximate surface area is 122 Å². The first kappa shape index (κ1) is 15.4. The zero-order chi connectivity index (χ0) is 13.8. The van der Waals surface area contributed by atoms with Gasteiger partial charge in [-0.3, -0.25) is 4.79 Å². The Morgan fingerprint density at radius 2 is 2.05 bits per heavy atom. The van der Waals surface area contributed by atoms with E-state index in [0.29, 0.717) is 23.2 Å². The molecule has 110 valence electrons. The lowest BCUT2D eigenvalue weighted by molar-refractivity contribution is -0.114.